The van der Waals surface area contributed by atoms with E-state index >= 15 is 0 Å². The second-order valence-corrected chi connectivity index (χ2v) is 7.58. The molecule has 0 N–H and O–H groups in total. The molecule has 6 heteroatoms. The molecule has 96 valence electrons. The van der Waals surface area contributed by atoms with E-state index in [1.807, 2.05) is 0 Å². The summed E-state index contributed by atoms with van der Waals surface area (Å²) in [6.45, 7) is 1.57. The molecule has 0 spiro atoms. The van der Waals surface area contributed by atoms with Crippen LogP contribution in [0.15, 0.2) is 29.2 Å². The number of hydrogen-bond acceptors (Lipinski definition) is 3. The summed E-state index contributed by atoms with van der Waals surface area (Å²) in [6, 6.07) is 5.84. The van der Waals surface area contributed by atoms with Gasteiger partial charge >= 0.3 is 0 Å². The third-order valence-electron chi connectivity index (χ3n) is 2.31. The molecule has 0 aliphatic heterocycles. The van der Waals surface area contributed by atoms with Gasteiger partial charge in [-0.3, -0.25) is 4.21 Å². The fraction of sp³-hybridized carbons (Fsp3) is 0.455. The topological polar surface area (TPSA) is 51.2 Å². The zero-order valence-corrected chi connectivity index (χ0v) is 11.2. The molecule has 0 saturated heterocycles. The smallest absolute Gasteiger partial charge is 0.150 e. The Balaban J connectivity index is 2.55. The van der Waals surface area contributed by atoms with Crippen molar-refractivity contribution in [3.8, 4) is 0 Å². The van der Waals surface area contributed by atoms with Crippen molar-refractivity contribution in [3.05, 3.63) is 30.1 Å². The van der Waals surface area contributed by atoms with Gasteiger partial charge in [-0.15, -0.1) is 0 Å². The van der Waals surface area contributed by atoms with Crippen LogP contribution in [0.1, 0.15) is 13.3 Å². The highest BCUT2D eigenvalue weighted by Gasteiger charge is 2.12. The Kier molecular flexibility index (Phi) is 5.27. The Labute approximate surface area is 103 Å². The average Bonchev–Trinajstić information content (AvgIpc) is 2.29. The summed E-state index contributed by atoms with van der Waals surface area (Å²) in [5.41, 5.74) is 0. The van der Waals surface area contributed by atoms with Crippen LogP contribution < -0.4 is 0 Å². The van der Waals surface area contributed by atoms with Gasteiger partial charge < -0.3 is 0 Å². The van der Waals surface area contributed by atoms with Gasteiger partial charge in [-0.2, -0.15) is 0 Å². The molecule has 1 aromatic carbocycles. The van der Waals surface area contributed by atoms with Crippen LogP contribution in [0.4, 0.5) is 4.39 Å². The number of benzene rings is 1. The van der Waals surface area contributed by atoms with Gasteiger partial charge in [0.1, 0.15) is 15.7 Å². The van der Waals surface area contributed by atoms with Gasteiger partial charge in [0.25, 0.3) is 0 Å². The first-order valence-corrected chi connectivity index (χ1v) is 8.43. The van der Waals surface area contributed by atoms with Crippen LogP contribution in [-0.4, -0.2) is 29.9 Å². The first-order valence-electron chi connectivity index (χ1n) is 5.29. The maximum absolute atomic E-state index is 13.3. The van der Waals surface area contributed by atoms with Crippen LogP contribution >= 0.6 is 0 Å². The molecule has 0 aromatic heterocycles. The molecule has 1 aromatic rings. The minimum absolute atomic E-state index is 0.00366. The number of hydrogen-bond donors (Lipinski definition) is 0. The predicted molar refractivity (Wildman–Crippen MR) is 66.6 cm³/mol. The van der Waals surface area contributed by atoms with E-state index in [1.54, 1.807) is 13.0 Å². The molecule has 3 nitrogen and oxygen atoms in total. The van der Waals surface area contributed by atoms with Crippen LogP contribution in [0.25, 0.3) is 0 Å². The molecule has 0 fully saturated rings. The Bertz CT molecular complexity index is 497. The standard InChI is InChI=1S/C11H15FO3S2/c1-2-17(14,15)9-5-8-16(13)11-7-4-3-6-10(11)12/h3-4,6-7H,2,5,8-9H2,1H3. The van der Waals surface area contributed by atoms with E-state index in [2.05, 4.69) is 0 Å². The number of sulfone groups is 1. The minimum atomic E-state index is -3.04. The van der Waals surface area contributed by atoms with Crippen molar-refractivity contribution < 1.29 is 17.0 Å². The third kappa shape index (κ3) is 4.55. The van der Waals surface area contributed by atoms with Crippen molar-refractivity contribution >= 4 is 20.6 Å². The fourth-order valence-electron chi connectivity index (χ4n) is 1.29. The molecule has 0 amide bonds. The molecule has 0 aliphatic rings. The van der Waals surface area contributed by atoms with Crippen LogP contribution in [0, 0.1) is 5.82 Å². The summed E-state index contributed by atoms with van der Waals surface area (Å²) in [5.74, 6) is -0.257. The molecule has 0 aliphatic carbocycles. The first kappa shape index (κ1) is 14.3. The van der Waals surface area contributed by atoms with Crippen molar-refractivity contribution in [2.75, 3.05) is 17.3 Å². The van der Waals surface area contributed by atoms with Crippen molar-refractivity contribution in [1.82, 2.24) is 0 Å². The highest BCUT2D eigenvalue weighted by atomic mass is 32.2. The monoisotopic (exact) mass is 278 g/mol. The van der Waals surface area contributed by atoms with Crippen LogP contribution in [0.5, 0.6) is 0 Å². The van der Waals surface area contributed by atoms with Crippen LogP contribution in [0.2, 0.25) is 0 Å². The lowest BCUT2D eigenvalue weighted by molar-refractivity contribution is 0.594. The highest BCUT2D eigenvalue weighted by Crippen LogP contribution is 2.12. The van der Waals surface area contributed by atoms with Crippen molar-refractivity contribution in [1.29, 1.82) is 0 Å². The van der Waals surface area contributed by atoms with E-state index in [9.17, 15) is 17.0 Å². The second-order valence-electron chi connectivity index (χ2n) is 3.57. The van der Waals surface area contributed by atoms with Gasteiger partial charge in [-0.25, -0.2) is 12.8 Å². The van der Waals surface area contributed by atoms with Crippen molar-refractivity contribution in [2.24, 2.45) is 0 Å². The lowest BCUT2D eigenvalue weighted by Gasteiger charge is -2.03. The number of rotatable bonds is 6. The molecular weight excluding hydrogens is 263 g/mol. The summed E-state index contributed by atoms with van der Waals surface area (Å²) in [4.78, 5) is 0.140. The van der Waals surface area contributed by atoms with E-state index in [0.717, 1.165) is 0 Å². The van der Waals surface area contributed by atoms with Gasteiger partial charge in [-0.05, 0) is 18.6 Å². The van der Waals surface area contributed by atoms with Gasteiger partial charge in [0, 0.05) is 11.5 Å². The zero-order valence-electron chi connectivity index (χ0n) is 9.56. The third-order valence-corrected chi connectivity index (χ3v) is 5.58. The summed E-state index contributed by atoms with van der Waals surface area (Å²) in [6.07, 6.45) is 0.289. The second kappa shape index (κ2) is 6.26. The summed E-state index contributed by atoms with van der Waals surface area (Å²) < 4.78 is 47.4. The molecule has 1 unspecified atom stereocenters. The van der Waals surface area contributed by atoms with E-state index < -0.39 is 26.5 Å². The van der Waals surface area contributed by atoms with E-state index in [1.165, 1.54) is 18.2 Å². The lowest BCUT2D eigenvalue weighted by atomic mass is 10.3. The van der Waals surface area contributed by atoms with E-state index in [4.69, 9.17) is 0 Å². The van der Waals surface area contributed by atoms with Gasteiger partial charge in [-0.1, -0.05) is 19.1 Å². The quantitative estimate of drug-likeness (QED) is 0.796. The van der Waals surface area contributed by atoms with E-state index in [-0.39, 0.29) is 28.6 Å². The van der Waals surface area contributed by atoms with Crippen molar-refractivity contribution in [2.45, 2.75) is 18.2 Å². The van der Waals surface area contributed by atoms with Gasteiger partial charge in [0.05, 0.1) is 21.4 Å². The molecular formula is C11H15FO3S2. The van der Waals surface area contributed by atoms with Crippen LogP contribution in [-0.2, 0) is 20.6 Å². The van der Waals surface area contributed by atoms with Crippen LogP contribution in [0.3, 0.4) is 0 Å². The highest BCUT2D eigenvalue weighted by molar-refractivity contribution is 7.91. The molecule has 0 bridgehead atoms. The molecule has 0 radical (unpaired) electrons. The Morgan fingerprint density at radius 1 is 1.29 bits per heavy atom. The normalized spacial score (nSPS) is 13.5. The Morgan fingerprint density at radius 3 is 2.53 bits per heavy atom. The first-order chi connectivity index (χ1) is 7.96. The molecule has 0 saturated carbocycles. The predicted octanol–water partition coefficient (Wildman–Crippen LogP) is 1.76. The molecule has 1 rings (SSSR count). The zero-order chi connectivity index (χ0) is 12.9. The largest absolute Gasteiger partial charge is 0.254 e. The Hall–Kier alpha value is -0.750. The molecule has 0 heterocycles. The minimum Gasteiger partial charge on any atom is -0.254 e. The SMILES string of the molecule is CCS(=O)(=O)CCCS(=O)c1ccccc1F. The maximum atomic E-state index is 13.3. The number of halogens is 1. The summed E-state index contributed by atoms with van der Waals surface area (Å²) in [7, 11) is -4.51. The Morgan fingerprint density at radius 2 is 1.94 bits per heavy atom. The molecule has 17 heavy (non-hydrogen) atoms. The van der Waals surface area contributed by atoms with E-state index in [0.29, 0.717) is 0 Å². The fourth-order valence-corrected chi connectivity index (χ4v) is 3.49. The maximum Gasteiger partial charge on any atom is 0.150 e. The average molecular weight is 278 g/mol. The van der Waals surface area contributed by atoms with Gasteiger partial charge in [0.2, 0.25) is 0 Å². The molecule has 1 atom stereocenters. The summed E-state index contributed by atoms with van der Waals surface area (Å²) >= 11 is 0. The summed E-state index contributed by atoms with van der Waals surface area (Å²) in [5, 5.41) is 0. The van der Waals surface area contributed by atoms with Gasteiger partial charge in [0.15, 0.2) is 0 Å². The lowest BCUT2D eigenvalue weighted by Crippen LogP contribution is -2.12. The van der Waals surface area contributed by atoms with Crippen molar-refractivity contribution in [3.63, 3.8) is 0 Å².